The molecule has 2 atom stereocenters. The maximum Gasteiger partial charge on any atom is 0.352 e. The van der Waals surface area contributed by atoms with Gasteiger partial charge in [0, 0.05) is 23.0 Å². The molecule has 41 heavy (non-hydrogen) atoms. The van der Waals surface area contributed by atoms with Crippen molar-refractivity contribution in [3.8, 4) is 5.75 Å². The average Bonchev–Trinajstić information content (AvgIpc) is 3.63. The van der Waals surface area contributed by atoms with E-state index in [-0.39, 0.29) is 28.1 Å². The summed E-state index contributed by atoms with van der Waals surface area (Å²) in [6.45, 7) is 0. The molecule has 4 aromatic rings. The number of carboxylic acids is 1. The normalized spacial score (nSPS) is 18.7. The maximum atomic E-state index is 13.2. The summed E-state index contributed by atoms with van der Waals surface area (Å²) in [5, 5.41) is 31.9. The number of carboxylic acid groups (broad SMARTS) is 1. The topological polar surface area (TPSA) is 216 Å². The zero-order valence-corrected chi connectivity index (χ0v) is 23.0. The van der Waals surface area contributed by atoms with Crippen molar-refractivity contribution in [2.75, 3.05) is 17.2 Å². The van der Waals surface area contributed by atoms with E-state index >= 15 is 0 Å². The molecule has 3 aromatic heterocycles. The van der Waals surface area contributed by atoms with Crippen molar-refractivity contribution in [2.24, 2.45) is 5.16 Å². The Hall–Kier alpha value is -4.62. The number of nitrogen functional groups attached to an aromatic ring is 1. The molecule has 0 bridgehead atoms. The first-order chi connectivity index (χ1) is 19.9. The molecule has 1 unspecified atom stereocenters. The van der Waals surface area contributed by atoms with Crippen molar-refractivity contribution in [1.82, 2.24) is 44.8 Å². The lowest BCUT2D eigenvalue weighted by molar-refractivity contribution is -0.150. The highest BCUT2D eigenvalue weighted by Gasteiger charge is 2.54. The molecule has 19 heteroatoms. The summed E-state index contributed by atoms with van der Waals surface area (Å²) in [6, 6.07) is 11.0. The van der Waals surface area contributed by atoms with Crippen LogP contribution >= 0.6 is 35.1 Å². The molecule has 2 amide bonds. The number of aromatic nitrogens is 7. The molecule has 5 heterocycles. The molecular weight excluding hydrogens is 595 g/mol. The first kappa shape index (κ1) is 26.6. The van der Waals surface area contributed by atoms with Crippen molar-refractivity contribution in [1.29, 1.82) is 0 Å². The summed E-state index contributed by atoms with van der Waals surface area (Å²) in [4.78, 5) is 49.2. The van der Waals surface area contributed by atoms with Crippen molar-refractivity contribution in [3.05, 3.63) is 59.6 Å². The van der Waals surface area contributed by atoms with Crippen LogP contribution in [0.2, 0.25) is 0 Å². The van der Waals surface area contributed by atoms with E-state index in [2.05, 4.69) is 40.5 Å². The number of nitrogens with one attached hydrogen (secondary N) is 1. The predicted molar refractivity (Wildman–Crippen MR) is 147 cm³/mol. The van der Waals surface area contributed by atoms with Gasteiger partial charge in [0.25, 0.3) is 11.8 Å². The molecular formula is C22H17N11O5S3. The summed E-state index contributed by atoms with van der Waals surface area (Å²) in [5.41, 5.74) is 6.31. The third-order valence-corrected chi connectivity index (χ3v) is 8.72. The summed E-state index contributed by atoms with van der Waals surface area (Å²) >= 11 is 3.49. The monoisotopic (exact) mass is 611 g/mol. The number of carbonyl (C=O) groups is 3. The Morgan fingerprint density at radius 2 is 2.07 bits per heavy atom. The van der Waals surface area contributed by atoms with Gasteiger partial charge in [-0.2, -0.15) is 9.36 Å². The fourth-order valence-corrected chi connectivity index (χ4v) is 6.74. The largest absolute Gasteiger partial charge is 0.477 e. The molecule has 0 radical (unpaired) electrons. The molecule has 2 aliphatic rings. The molecule has 4 N–H and O–H groups in total. The van der Waals surface area contributed by atoms with E-state index in [1.807, 2.05) is 0 Å². The summed E-state index contributed by atoms with van der Waals surface area (Å²) in [6.07, 6.45) is 0. The number of amides is 2. The molecule has 0 saturated carbocycles. The van der Waals surface area contributed by atoms with Crippen molar-refractivity contribution in [2.45, 2.75) is 16.4 Å². The van der Waals surface area contributed by atoms with Gasteiger partial charge in [0.15, 0.2) is 16.5 Å². The number of para-hydroxylation sites is 1. The lowest BCUT2D eigenvalue weighted by Crippen LogP contribution is -2.71. The number of carbonyl (C=O) groups excluding carboxylic acids is 2. The Morgan fingerprint density at radius 3 is 2.83 bits per heavy atom. The summed E-state index contributed by atoms with van der Waals surface area (Å²) < 4.78 is 5.30. The minimum Gasteiger partial charge on any atom is -0.477 e. The molecule has 6 rings (SSSR count). The summed E-state index contributed by atoms with van der Waals surface area (Å²) in [5.74, 6) is -1.70. The summed E-state index contributed by atoms with van der Waals surface area (Å²) in [7, 11) is 0. The van der Waals surface area contributed by atoms with Crippen LogP contribution in [0.5, 0.6) is 5.75 Å². The number of hydrogen-bond donors (Lipinski definition) is 3. The molecule has 208 valence electrons. The number of nitrogens with zero attached hydrogens (tertiary/aromatic N) is 9. The Morgan fingerprint density at radius 1 is 1.24 bits per heavy atom. The van der Waals surface area contributed by atoms with Crippen LogP contribution in [-0.2, 0) is 14.4 Å². The zero-order chi connectivity index (χ0) is 28.5. The van der Waals surface area contributed by atoms with Gasteiger partial charge in [-0.1, -0.05) is 23.4 Å². The second kappa shape index (κ2) is 11.1. The molecule has 0 aliphatic carbocycles. The third-order valence-electron chi connectivity index (χ3n) is 5.83. The number of oxime groups is 1. The predicted octanol–water partition coefficient (Wildman–Crippen LogP) is 0.267. The quantitative estimate of drug-likeness (QED) is 0.100. The van der Waals surface area contributed by atoms with Crippen molar-refractivity contribution in [3.63, 3.8) is 0 Å². The van der Waals surface area contributed by atoms with Gasteiger partial charge < -0.3 is 21.0 Å². The van der Waals surface area contributed by atoms with Crippen LogP contribution in [0, 0.1) is 0 Å². The van der Waals surface area contributed by atoms with Crippen LogP contribution in [0.4, 0.5) is 5.13 Å². The van der Waals surface area contributed by atoms with Crippen LogP contribution in [0.3, 0.4) is 0 Å². The third kappa shape index (κ3) is 5.28. The van der Waals surface area contributed by atoms with Gasteiger partial charge in [0.05, 0.1) is 0 Å². The average molecular weight is 612 g/mol. The van der Waals surface area contributed by atoms with Crippen molar-refractivity contribution >= 4 is 69.3 Å². The maximum absolute atomic E-state index is 13.2. The van der Waals surface area contributed by atoms with Gasteiger partial charge >= 0.3 is 5.97 Å². The molecule has 16 nitrogen and oxygen atoms in total. The van der Waals surface area contributed by atoms with E-state index in [0.29, 0.717) is 27.7 Å². The van der Waals surface area contributed by atoms with Crippen LogP contribution in [-0.4, -0.2) is 91.0 Å². The Labute approximate surface area is 242 Å². The fourth-order valence-electron chi connectivity index (χ4n) is 3.97. The van der Waals surface area contributed by atoms with Gasteiger partial charge in [-0.3, -0.25) is 14.5 Å². The van der Waals surface area contributed by atoms with E-state index in [9.17, 15) is 19.5 Å². The van der Waals surface area contributed by atoms with Gasteiger partial charge in [-0.15, -0.1) is 38.4 Å². The van der Waals surface area contributed by atoms with E-state index in [1.165, 1.54) is 33.1 Å². The van der Waals surface area contributed by atoms with E-state index in [4.69, 9.17) is 10.6 Å². The lowest BCUT2D eigenvalue weighted by Gasteiger charge is -2.49. The first-order valence-electron chi connectivity index (χ1n) is 11.7. The number of rotatable bonds is 9. The number of thioether (sulfide) groups is 2. The number of fused-ring (bicyclic) bond motifs is 2. The molecule has 0 spiro atoms. The number of nitrogens with two attached hydrogens (primary N) is 1. The molecule has 1 aromatic carbocycles. The number of anilines is 1. The van der Waals surface area contributed by atoms with Crippen molar-refractivity contribution < 1.29 is 24.3 Å². The molecule has 1 saturated heterocycles. The number of tetrazole rings is 1. The number of β-lactam (4-membered cyclic amide) rings is 1. The molecule has 2 aliphatic heterocycles. The van der Waals surface area contributed by atoms with E-state index in [1.54, 1.807) is 42.5 Å². The standard InChI is InChI=1S/C22H17N11O5S3/c23-22-25-17(29-41-22)14(28-38-11-4-2-1-3-5-11)18(34)24-15-19(35)32-16(21(36)37)10(9-40-20(15)32)8-39-13-7-6-12-26-30-31-33(12)27-13/h1-7,15,20H,8-9H2,(H,24,34)(H,36,37)(H2,23,25,29)/t15?,20-/m1/s1. The highest BCUT2D eigenvalue weighted by molar-refractivity contribution is 8.01. The van der Waals surface area contributed by atoms with Gasteiger partial charge in [-0.05, 0) is 40.3 Å². The second-order valence-corrected chi connectivity index (χ2v) is 11.3. The lowest BCUT2D eigenvalue weighted by atomic mass is 10.0. The minimum absolute atomic E-state index is 0.0697. The zero-order valence-electron chi connectivity index (χ0n) is 20.5. The van der Waals surface area contributed by atoms with Crippen LogP contribution in [0.15, 0.2) is 63.9 Å². The highest BCUT2D eigenvalue weighted by Crippen LogP contribution is 2.41. The number of benzene rings is 1. The second-order valence-electron chi connectivity index (χ2n) is 8.41. The number of hydrogen-bond acceptors (Lipinski definition) is 15. The number of aliphatic carboxylic acids is 1. The Kier molecular flexibility index (Phi) is 7.20. The smallest absolute Gasteiger partial charge is 0.352 e. The Balaban J connectivity index is 1.18. The minimum atomic E-state index is -1.24. The van der Waals surface area contributed by atoms with Crippen LogP contribution in [0.1, 0.15) is 5.82 Å². The van der Waals surface area contributed by atoms with Crippen LogP contribution in [0.25, 0.3) is 5.65 Å². The fraction of sp³-hybridized carbons (Fsp3) is 0.182. The van der Waals surface area contributed by atoms with Gasteiger partial charge in [-0.25, -0.2) is 4.79 Å². The van der Waals surface area contributed by atoms with Gasteiger partial charge in [0.1, 0.15) is 22.1 Å². The Bertz CT molecular complexity index is 1720. The van der Waals surface area contributed by atoms with Crippen LogP contribution < -0.4 is 15.9 Å². The van der Waals surface area contributed by atoms with E-state index in [0.717, 1.165) is 11.5 Å². The first-order valence-corrected chi connectivity index (χ1v) is 14.5. The SMILES string of the molecule is Nc1nc(C(=NOc2ccccc2)C(=O)NC2C(=O)N3C(C(=O)O)=C(CSc4ccc5nnnn5n4)CS[C@H]23)ns1. The van der Waals surface area contributed by atoms with E-state index < -0.39 is 29.2 Å². The van der Waals surface area contributed by atoms with Gasteiger partial charge in [0.2, 0.25) is 11.5 Å². The molecule has 1 fully saturated rings. The highest BCUT2D eigenvalue weighted by atomic mass is 32.2.